The predicted octanol–water partition coefficient (Wildman–Crippen LogP) is 2.37. The maximum absolute atomic E-state index is 13.3. The number of ether oxygens (including phenoxy) is 1. The van der Waals surface area contributed by atoms with Crippen LogP contribution in [0.25, 0.3) is 0 Å². The number of aliphatic hydroxyl groups excluding tert-OH is 1. The van der Waals surface area contributed by atoms with Crippen LogP contribution in [0.4, 0.5) is 0 Å². The van der Waals surface area contributed by atoms with Gasteiger partial charge in [0.2, 0.25) is 5.78 Å². The third-order valence-electron chi connectivity index (χ3n) is 6.91. The number of methoxy groups -OCH3 is 1. The number of phenolic OH excluding ortho intramolecular Hbond substituents is 2. The van der Waals surface area contributed by atoms with Gasteiger partial charge in [0.25, 0.3) is 0 Å². The average Bonchev–Trinajstić information content (AvgIpc) is 2.78. The molecule has 2 aromatic rings. The first-order chi connectivity index (χ1) is 15.7. The number of nitrogens with one attached hydrogen (secondary N) is 1. The highest BCUT2D eigenvalue weighted by atomic mass is 16.5. The molecule has 176 valence electrons. The summed E-state index contributed by atoms with van der Waals surface area (Å²) in [5, 5.41) is 47.7. The van der Waals surface area contributed by atoms with E-state index >= 15 is 0 Å². The molecular weight excluding hydrogens is 426 g/mol. The molecule has 0 bridgehead atoms. The van der Waals surface area contributed by atoms with Crippen LogP contribution in [-0.4, -0.2) is 57.3 Å². The number of aromatic hydroxyl groups is 2. The van der Waals surface area contributed by atoms with Gasteiger partial charge in [0.15, 0.2) is 5.78 Å². The summed E-state index contributed by atoms with van der Waals surface area (Å²) >= 11 is 0. The Bertz CT molecular complexity index is 1140. The molecule has 3 atom stereocenters. The highest BCUT2D eigenvalue weighted by Gasteiger charge is 2.47. The molecule has 5 N–H and O–H groups in total. The van der Waals surface area contributed by atoms with Crippen LogP contribution in [0.1, 0.15) is 82.2 Å². The Morgan fingerprint density at radius 1 is 1.15 bits per heavy atom. The zero-order chi connectivity index (χ0) is 24.1. The minimum atomic E-state index is -1.43. The van der Waals surface area contributed by atoms with Gasteiger partial charge in [0, 0.05) is 35.6 Å². The van der Waals surface area contributed by atoms with E-state index in [2.05, 4.69) is 12.2 Å². The zero-order valence-corrected chi connectivity index (χ0v) is 18.9. The molecule has 2 aliphatic rings. The van der Waals surface area contributed by atoms with E-state index in [1.807, 2.05) is 0 Å². The fraction of sp³-hybridized carbons (Fsp3) is 0.440. The van der Waals surface area contributed by atoms with E-state index in [0.717, 1.165) is 12.8 Å². The summed E-state index contributed by atoms with van der Waals surface area (Å²) in [6.07, 6.45) is 0.352. The van der Waals surface area contributed by atoms with E-state index in [0.29, 0.717) is 6.54 Å². The Kier molecular flexibility index (Phi) is 5.94. The fourth-order valence-electron chi connectivity index (χ4n) is 4.99. The minimum absolute atomic E-state index is 0.00250. The van der Waals surface area contributed by atoms with E-state index in [4.69, 9.17) is 4.74 Å². The summed E-state index contributed by atoms with van der Waals surface area (Å²) in [6, 6.07) is 4.13. The van der Waals surface area contributed by atoms with Gasteiger partial charge in [-0.25, -0.2) is 0 Å². The molecule has 0 saturated heterocycles. The van der Waals surface area contributed by atoms with E-state index in [1.54, 1.807) is 13.0 Å². The van der Waals surface area contributed by atoms with Crippen LogP contribution in [0.15, 0.2) is 18.2 Å². The minimum Gasteiger partial charge on any atom is -0.507 e. The molecule has 0 fully saturated rings. The van der Waals surface area contributed by atoms with Gasteiger partial charge < -0.3 is 30.5 Å². The molecule has 0 aliphatic heterocycles. The van der Waals surface area contributed by atoms with Crippen LogP contribution < -0.4 is 10.1 Å². The van der Waals surface area contributed by atoms with Crippen molar-refractivity contribution < 1.29 is 34.8 Å². The number of fused-ring (bicyclic) bond motifs is 3. The molecule has 2 aromatic carbocycles. The molecule has 0 aromatic heterocycles. The molecule has 2 aliphatic carbocycles. The lowest BCUT2D eigenvalue weighted by Gasteiger charge is -2.42. The molecule has 8 heteroatoms. The van der Waals surface area contributed by atoms with Crippen LogP contribution in [0, 0.1) is 0 Å². The van der Waals surface area contributed by atoms with Crippen LogP contribution >= 0.6 is 0 Å². The lowest BCUT2D eigenvalue weighted by Crippen LogP contribution is -2.53. The summed E-state index contributed by atoms with van der Waals surface area (Å²) < 4.78 is 5.24. The summed E-state index contributed by atoms with van der Waals surface area (Å²) in [5.74, 6) is -2.17. The molecule has 8 nitrogen and oxygen atoms in total. The third-order valence-corrected chi connectivity index (χ3v) is 6.91. The van der Waals surface area contributed by atoms with E-state index in [1.165, 1.54) is 19.2 Å². The van der Waals surface area contributed by atoms with Gasteiger partial charge >= 0.3 is 0 Å². The molecule has 0 saturated carbocycles. The molecule has 0 radical (unpaired) electrons. The molecule has 33 heavy (non-hydrogen) atoms. The molecule has 0 heterocycles. The maximum atomic E-state index is 13.3. The predicted molar refractivity (Wildman–Crippen MR) is 120 cm³/mol. The summed E-state index contributed by atoms with van der Waals surface area (Å²) in [4.78, 5) is 26.7. The van der Waals surface area contributed by atoms with Crippen molar-refractivity contribution in [2.24, 2.45) is 0 Å². The Hall–Kier alpha value is -2.94. The number of hydrogen-bond donors (Lipinski definition) is 5. The number of aliphatic hydroxyl groups is 2. The first-order valence-corrected chi connectivity index (χ1v) is 11.2. The van der Waals surface area contributed by atoms with Crippen molar-refractivity contribution in [3.63, 3.8) is 0 Å². The number of rotatable bonds is 6. The van der Waals surface area contributed by atoms with Crippen molar-refractivity contribution in [1.82, 2.24) is 5.32 Å². The average molecular weight is 456 g/mol. The number of ketones is 2. The number of benzene rings is 2. The molecule has 0 spiro atoms. The normalized spacial score (nSPS) is 22.4. The summed E-state index contributed by atoms with van der Waals surface area (Å²) in [5.41, 5.74) is -2.00. The lowest BCUT2D eigenvalue weighted by molar-refractivity contribution is -0.0464. The van der Waals surface area contributed by atoms with Crippen LogP contribution in [0.3, 0.4) is 0 Å². The Morgan fingerprint density at radius 2 is 1.85 bits per heavy atom. The summed E-state index contributed by atoms with van der Waals surface area (Å²) in [6.45, 7) is 4.52. The molecule has 0 amide bonds. The van der Waals surface area contributed by atoms with Crippen molar-refractivity contribution in [2.75, 3.05) is 13.7 Å². The highest BCUT2D eigenvalue weighted by molar-refractivity contribution is 6.31. The second-order valence-corrected chi connectivity index (χ2v) is 8.91. The summed E-state index contributed by atoms with van der Waals surface area (Å²) in [7, 11) is 1.37. The number of phenols is 2. The number of hydrogen-bond acceptors (Lipinski definition) is 8. The fourth-order valence-corrected chi connectivity index (χ4v) is 4.99. The van der Waals surface area contributed by atoms with Gasteiger partial charge in [0.05, 0.1) is 35.5 Å². The van der Waals surface area contributed by atoms with Gasteiger partial charge in [-0.15, -0.1) is 0 Å². The van der Waals surface area contributed by atoms with Crippen LogP contribution in [-0.2, 0) is 6.42 Å². The number of carbonyl (C=O) groups is 2. The van der Waals surface area contributed by atoms with Gasteiger partial charge in [0.1, 0.15) is 17.2 Å². The van der Waals surface area contributed by atoms with E-state index in [9.17, 15) is 30.0 Å². The van der Waals surface area contributed by atoms with Crippen molar-refractivity contribution in [3.05, 3.63) is 51.6 Å². The Balaban J connectivity index is 1.85. The maximum Gasteiger partial charge on any atom is 0.202 e. The standard InChI is InChI=1S/C25H29NO7/c1-4-5-9-26-12(2)25(32)10-14-17(15(27)11-25)23(30)20-19(22(14)29)21(28)13-7-6-8-16(33-3)18(13)24(20)31/h6-8,12,15,26-27,29-30,32H,4-5,9-11H2,1-3H3. The second-order valence-electron chi connectivity index (χ2n) is 8.91. The highest BCUT2D eigenvalue weighted by Crippen LogP contribution is 2.51. The quantitative estimate of drug-likeness (QED) is 0.282. The monoisotopic (exact) mass is 455 g/mol. The van der Waals surface area contributed by atoms with Crippen LogP contribution in [0.5, 0.6) is 17.2 Å². The first kappa shape index (κ1) is 23.2. The topological polar surface area (TPSA) is 136 Å². The van der Waals surface area contributed by atoms with Crippen LogP contribution in [0.2, 0.25) is 0 Å². The Morgan fingerprint density at radius 3 is 2.52 bits per heavy atom. The van der Waals surface area contributed by atoms with Crippen molar-refractivity contribution in [1.29, 1.82) is 0 Å². The first-order valence-electron chi connectivity index (χ1n) is 11.2. The lowest BCUT2D eigenvalue weighted by atomic mass is 9.71. The zero-order valence-electron chi connectivity index (χ0n) is 18.9. The molecule has 3 unspecified atom stereocenters. The van der Waals surface area contributed by atoms with Gasteiger partial charge in [-0.2, -0.15) is 0 Å². The van der Waals surface area contributed by atoms with Gasteiger partial charge in [-0.05, 0) is 26.0 Å². The molecular formula is C25H29NO7. The molecule has 4 rings (SSSR count). The van der Waals surface area contributed by atoms with Gasteiger partial charge in [-0.1, -0.05) is 25.5 Å². The number of carbonyl (C=O) groups excluding carboxylic acids is 2. The smallest absolute Gasteiger partial charge is 0.202 e. The third kappa shape index (κ3) is 3.49. The van der Waals surface area contributed by atoms with Crippen molar-refractivity contribution in [3.8, 4) is 17.2 Å². The van der Waals surface area contributed by atoms with E-state index in [-0.39, 0.29) is 52.0 Å². The second kappa shape index (κ2) is 8.44. The Labute approximate surface area is 191 Å². The van der Waals surface area contributed by atoms with Crippen molar-refractivity contribution in [2.45, 2.75) is 57.3 Å². The number of unbranched alkanes of at least 4 members (excludes halogenated alkanes) is 1. The SMILES string of the molecule is CCCCNC(C)C1(O)Cc2c(O)c3c(c(O)c2C(O)C1)C(=O)c1c(OC)cccc1C3=O. The van der Waals surface area contributed by atoms with Crippen molar-refractivity contribution >= 4 is 11.6 Å². The van der Waals surface area contributed by atoms with E-state index < -0.39 is 40.8 Å². The van der Waals surface area contributed by atoms with Gasteiger partial charge in [-0.3, -0.25) is 9.59 Å². The largest absolute Gasteiger partial charge is 0.507 e.